The molecular formula is C11H20N2O. The van der Waals surface area contributed by atoms with Gasteiger partial charge >= 0.3 is 0 Å². The maximum Gasteiger partial charge on any atom is 0.240 e. The third-order valence-electron chi connectivity index (χ3n) is 1.95. The fraction of sp³-hybridized carbons (Fsp3) is 0.727. The summed E-state index contributed by atoms with van der Waals surface area (Å²) in [5, 5.41) is 0. The maximum absolute atomic E-state index is 11.7. The third-order valence-corrected chi connectivity index (χ3v) is 1.95. The van der Waals surface area contributed by atoms with E-state index in [9.17, 15) is 4.79 Å². The lowest BCUT2D eigenvalue weighted by Crippen LogP contribution is -2.44. The zero-order valence-corrected chi connectivity index (χ0v) is 9.12. The van der Waals surface area contributed by atoms with E-state index >= 15 is 0 Å². The van der Waals surface area contributed by atoms with Gasteiger partial charge in [-0.3, -0.25) is 4.79 Å². The standard InChI is InChI=1S/C11H20N2O/c1-4-7-10(12)11(14)13(8-5-2)9-6-3/h1,10H,5-9,12H2,2-3H3. The van der Waals surface area contributed by atoms with E-state index in [4.69, 9.17) is 12.2 Å². The predicted molar refractivity (Wildman–Crippen MR) is 58.6 cm³/mol. The van der Waals surface area contributed by atoms with Crippen LogP contribution in [-0.2, 0) is 4.79 Å². The highest BCUT2D eigenvalue weighted by molar-refractivity contribution is 5.81. The molecule has 0 aromatic heterocycles. The van der Waals surface area contributed by atoms with Crippen LogP contribution in [0.4, 0.5) is 0 Å². The number of hydrogen-bond acceptors (Lipinski definition) is 2. The number of hydrogen-bond donors (Lipinski definition) is 1. The lowest BCUT2D eigenvalue weighted by Gasteiger charge is -2.24. The van der Waals surface area contributed by atoms with Gasteiger partial charge in [-0.15, -0.1) is 12.3 Å². The largest absolute Gasteiger partial charge is 0.341 e. The molecule has 0 aliphatic rings. The molecule has 0 rings (SSSR count). The Hall–Kier alpha value is -1.01. The van der Waals surface area contributed by atoms with Crippen molar-refractivity contribution in [1.29, 1.82) is 0 Å². The molecule has 0 fully saturated rings. The highest BCUT2D eigenvalue weighted by Gasteiger charge is 2.18. The summed E-state index contributed by atoms with van der Waals surface area (Å²) in [5.74, 6) is 2.39. The smallest absolute Gasteiger partial charge is 0.240 e. The molecule has 0 spiro atoms. The number of rotatable bonds is 6. The van der Waals surface area contributed by atoms with Crippen LogP contribution in [0.2, 0.25) is 0 Å². The van der Waals surface area contributed by atoms with Gasteiger partial charge in [0.05, 0.1) is 6.04 Å². The number of nitrogens with two attached hydrogens (primary N) is 1. The van der Waals surface area contributed by atoms with Gasteiger partial charge in [-0.25, -0.2) is 0 Å². The van der Waals surface area contributed by atoms with Gasteiger partial charge in [0, 0.05) is 19.5 Å². The molecule has 14 heavy (non-hydrogen) atoms. The van der Waals surface area contributed by atoms with Crippen LogP contribution in [0.25, 0.3) is 0 Å². The van der Waals surface area contributed by atoms with Crippen molar-refractivity contribution in [3.63, 3.8) is 0 Å². The van der Waals surface area contributed by atoms with E-state index in [1.165, 1.54) is 0 Å². The van der Waals surface area contributed by atoms with Crippen molar-refractivity contribution in [3.05, 3.63) is 0 Å². The minimum atomic E-state index is -0.530. The molecular weight excluding hydrogens is 176 g/mol. The molecule has 0 saturated carbocycles. The molecule has 0 bridgehead atoms. The molecule has 1 amide bonds. The van der Waals surface area contributed by atoms with Crippen molar-refractivity contribution >= 4 is 5.91 Å². The summed E-state index contributed by atoms with van der Waals surface area (Å²) in [6.07, 6.45) is 7.34. The second-order valence-corrected chi connectivity index (χ2v) is 3.34. The van der Waals surface area contributed by atoms with Crippen molar-refractivity contribution in [2.75, 3.05) is 13.1 Å². The van der Waals surface area contributed by atoms with Crippen molar-refractivity contribution < 1.29 is 4.79 Å². The highest BCUT2D eigenvalue weighted by atomic mass is 16.2. The number of terminal acetylenes is 1. The molecule has 0 aliphatic heterocycles. The topological polar surface area (TPSA) is 46.3 Å². The van der Waals surface area contributed by atoms with Crippen LogP contribution < -0.4 is 5.73 Å². The molecule has 3 nitrogen and oxygen atoms in total. The molecule has 3 heteroatoms. The maximum atomic E-state index is 11.7. The van der Waals surface area contributed by atoms with Crippen LogP contribution in [0.1, 0.15) is 33.1 Å². The SMILES string of the molecule is C#CCC(N)C(=O)N(CCC)CCC. The van der Waals surface area contributed by atoms with Crippen LogP contribution in [0, 0.1) is 12.3 Å². The third kappa shape index (κ3) is 4.29. The molecule has 0 radical (unpaired) electrons. The van der Waals surface area contributed by atoms with Crippen LogP contribution in [0.5, 0.6) is 0 Å². The first-order valence-electron chi connectivity index (χ1n) is 5.15. The van der Waals surface area contributed by atoms with Gasteiger partial charge in [0.2, 0.25) is 5.91 Å². The fourth-order valence-corrected chi connectivity index (χ4v) is 1.32. The van der Waals surface area contributed by atoms with E-state index in [1.54, 1.807) is 4.90 Å². The van der Waals surface area contributed by atoms with Gasteiger partial charge in [-0.2, -0.15) is 0 Å². The Morgan fingerprint density at radius 2 is 1.93 bits per heavy atom. The van der Waals surface area contributed by atoms with E-state index in [2.05, 4.69) is 5.92 Å². The number of carbonyl (C=O) groups excluding carboxylic acids is 1. The fourth-order valence-electron chi connectivity index (χ4n) is 1.32. The Bertz CT molecular complexity index is 202. The van der Waals surface area contributed by atoms with Crippen molar-refractivity contribution in [3.8, 4) is 12.3 Å². The Kier molecular flexibility index (Phi) is 6.87. The minimum Gasteiger partial charge on any atom is -0.341 e. The van der Waals surface area contributed by atoms with Gasteiger partial charge in [0.15, 0.2) is 0 Å². The molecule has 80 valence electrons. The molecule has 1 atom stereocenters. The lowest BCUT2D eigenvalue weighted by molar-refractivity contribution is -0.132. The van der Waals surface area contributed by atoms with Crippen LogP contribution in [0.15, 0.2) is 0 Å². The van der Waals surface area contributed by atoms with Crippen molar-refractivity contribution in [1.82, 2.24) is 4.90 Å². The lowest BCUT2D eigenvalue weighted by atomic mass is 10.2. The summed E-state index contributed by atoms with van der Waals surface area (Å²) in [6, 6.07) is -0.530. The summed E-state index contributed by atoms with van der Waals surface area (Å²) in [4.78, 5) is 13.5. The second-order valence-electron chi connectivity index (χ2n) is 3.34. The van der Waals surface area contributed by atoms with Gasteiger partial charge in [0.25, 0.3) is 0 Å². The van der Waals surface area contributed by atoms with Crippen molar-refractivity contribution in [2.24, 2.45) is 5.73 Å². The molecule has 1 unspecified atom stereocenters. The molecule has 0 aromatic carbocycles. The van der Waals surface area contributed by atoms with Crippen LogP contribution in [0.3, 0.4) is 0 Å². The van der Waals surface area contributed by atoms with Gasteiger partial charge in [-0.05, 0) is 12.8 Å². The highest BCUT2D eigenvalue weighted by Crippen LogP contribution is 2.00. The van der Waals surface area contributed by atoms with E-state index in [1.807, 2.05) is 13.8 Å². The first-order valence-corrected chi connectivity index (χ1v) is 5.15. The van der Waals surface area contributed by atoms with Gasteiger partial charge in [0.1, 0.15) is 0 Å². The summed E-state index contributed by atoms with van der Waals surface area (Å²) in [6.45, 7) is 5.63. The van der Waals surface area contributed by atoms with Crippen molar-refractivity contribution in [2.45, 2.75) is 39.2 Å². The zero-order valence-electron chi connectivity index (χ0n) is 9.12. The van der Waals surface area contributed by atoms with Crippen LogP contribution in [-0.4, -0.2) is 29.9 Å². The molecule has 0 heterocycles. The average Bonchev–Trinajstić information content (AvgIpc) is 2.17. The van der Waals surface area contributed by atoms with E-state index in [0.717, 1.165) is 25.9 Å². The van der Waals surface area contributed by atoms with Crippen LogP contribution >= 0.6 is 0 Å². The predicted octanol–water partition coefficient (Wildman–Crippen LogP) is 0.986. The minimum absolute atomic E-state index is 0.0216. The zero-order chi connectivity index (χ0) is 11.0. The van der Waals surface area contributed by atoms with E-state index in [0.29, 0.717) is 6.42 Å². The number of amides is 1. The first-order chi connectivity index (χ1) is 6.67. The average molecular weight is 196 g/mol. The number of nitrogens with zero attached hydrogens (tertiary/aromatic N) is 1. The van der Waals surface area contributed by atoms with Gasteiger partial charge < -0.3 is 10.6 Å². The quantitative estimate of drug-likeness (QED) is 0.644. The molecule has 0 saturated heterocycles. The first kappa shape index (κ1) is 13.0. The Labute approximate surface area is 86.6 Å². The Morgan fingerprint density at radius 3 is 2.29 bits per heavy atom. The van der Waals surface area contributed by atoms with E-state index < -0.39 is 6.04 Å². The molecule has 0 aromatic rings. The molecule has 0 aliphatic carbocycles. The summed E-state index contributed by atoms with van der Waals surface area (Å²) in [7, 11) is 0. The Morgan fingerprint density at radius 1 is 1.43 bits per heavy atom. The Balaban J connectivity index is 4.20. The molecule has 2 N–H and O–H groups in total. The van der Waals surface area contributed by atoms with Gasteiger partial charge in [-0.1, -0.05) is 13.8 Å². The summed E-state index contributed by atoms with van der Waals surface area (Å²) < 4.78 is 0. The normalized spacial score (nSPS) is 11.9. The summed E-state index contributed by atoms with van der Waals surface area (Å²) in [5.41, 5.74) is 5.66. The monoisotopic (exact) mass is 196 g/mol. The van der Waals surface area contributed by atoms with E-state index in [-0.39, 0.29) is 5.91 Å². The second kappa shape index (κ2) is 7.40. The summed E-state index contributed by atoms with van der Waals surface area (Å²) >= 11 is 0. The number of carbonyl (C=O) groups is 1.